The van der Waals surface area contributed by atoms with Crippen LogP contribution in [0.15, 0.2) is 59.3 Å². The Morgan fingerprint density at radius 3 is 2.89 bits per heavy atom. The Bertz CT molecular complexity index is 1150. The number of benzene rings is 2. The summed E-state index contributed by atoms with van der Waals surface area (Å²) < 4.78 is 6.95. The van der Waals surface area contributed by atoms with Crippen molar-refractivity contribution < 1.29 is 9.32 Å². The molecule has 2 heterocycles. The molecule has 28 heavy (non-hydrogen) atoms. The third kappa shape index (κ3) is 3.61. The summed E-state index contributed by atoms with van der Waals surface area (Å²) in [5.74, 6) is 0.339. The average molecular weight is 415 g/mol. The van der Waals surface area contributed by atoms with Crippen LogP contribution in [-0.2, 0) is 11.2 Å². The fraction of sp³-hybridized carbons (Fsp3) is 0.150. The number of carbonyl (C=O) groups is 1. The van der Waals surface area contributed by atoms with Crippen LogP contribution in [0.4, 0.5) is 5.82 Å². The van der Waals surface area contributed by atoms with Gasteiger partial charge in [-0.05, 0) is 42.8 Å². The first kappa shape index (κ1) is 18.5. The van der Waals surface area contributed by atoms with E-state index in [4.69, 9.17) is 27.7 Å². The van der Waals surface area contributed by atoms with Crippen molar-refractivity contribution >= 4 is 45.9 Å². The lowest BCUT2D eigenvalue weighted by molar-refractivity contribution is -0.115. The van der Waals surface area contributed by atoms with E-state index >= 15 is 0 Å². The summed E-state index contributed by atoms with van der Waals surface area (Å²) in [5.41, 5.74) is 2.06. The smallest absolute Gasteiger partial charge is 0.231 e. The van der Waals surface area contributed by atoms with Crippen molar-refractivity contribution in [3.05, 3.63) is 76.0 Å². The number of rotatable bonds is 5. The van der Waals surface area contributed by atoms with Crippen LogP contribution < -0.4 is 5.32 Å². The molecule has 2 aromatic heterocycles. The van der Waals surface area contributed by atoms with Crippen molar-refractivity contribution in [2.24, 2.45) is 0 Å². The molecule has 4 aromatic rings. The Morgan fingerprint density at radius 2 is 2.04 bits per heavy atom. The zero-order chi connectivity index (χ0) is 19.7. The van der Waals surface area contributed by atoms with E-state index in [-0.39, 0.29) is 18.4 Å². The second-order valence-electron chi connectivity index (χ2n) is 6.35. The van der Waals surface area contributed by atoms with Gasteiger partial charge in [-0.3, -0.25) is 4.79 Å². The normalized spacial score (nSPS) is 12.2. The fourth-order valence-electron chi connectivity index (χ4n) is 3.09. The third-order valence-electron chi connectivity index (χ3n) is 4.49. The molecule has 0 bridgehead atoms. The van der Waals surface area contributed by atoms with E-state index in [9.17, 15) is 4.79 Å². The van der Waals surface area contributed by atoms with Crippen LogP contribution in [0.25, 0.3) is 11.0 Å². The standard InChI is InChI=1S/C20H16Cl2N4O2/c1-12(15-10-13(21)6-7-16(15)22)26-19(8-9-23-26)24-20(27)11-17-14-4-2-3-5-18(14)28-25-17/h2-10,12H,11H2,1H3,(H,24,27). The number of hydrogen-bond acceptors (Lipinski definition) is 4. The second-order valence-corrected chi connectivity index (χ2v) is 7.20. The van der Waals surface area contributed by atoms with E-state index < -0.39 is 0 Å². The number of carbonyl (C=O) groups excluding carboxylic acids is 1. The van der Waals surface area contributed by atoms with Crippen molar-refractivity contribution in [1.82, 2.24) is 14.9 Å². The molecule has 0 spiro atoms. The molecule has 8 heteroatoms. The summed E-state index contributed by atoms with van der Waals surface area (Å²) in [4.78, 5) is 12.6. The molecule has 4 rings (SSSR count). The van der Waals surface area contributed by atoms with Gasteiger partial charge in [-0.2, -0.15) is 5.10 Å². The molecule has 0 saturated carbocycles. The van der Waals surface area contributed by atoms with Gasteiger partial charge >= 0.3 is 0 Å². The predicted octanol–water partition coefficient (Wildman–Crippen LogP) is 5.12. The van der Waals surface area contributed by atoms with Gasteiger partial charge in [0.15, 0.2) is 5.58 Å². The lowest BCUT2D eigenvalue weighted by Gasteiger charge is -2.18. The third-order valence-corrected chi connectivity index (χ3v) is 5.07. The molecular weight excluding hydrogens is 399 g/mol. The number of para-hydroxylation sites is 1. The second kappa shape index (κ2) is 7.66. The zero-order valence-electron chi connectivity index (χ0n) is 14.9. The summed E-state index contributed by atoms with van der Waals surface area (Å²) in [6.45, 7) is 1.94. The van der Waals surface area contributed by atoms with Crippen molar-refractivity contribution in [2.75, 3.05) is 5.32 Å². The molecule has 1 N–H and O–H groups in total. The van der Waals surface area contributed by atoms with E-state index in [1.54, 1.807) is 35.1 Å². The molecule has 0 aliphatic carbocycles. The Hall–Kier alpha value is -2.83. The predicted molar refractivity (Wildman–Crippen MR) is 109 cm³/mol. The maximum absolute atomic E-state index is 12.6. The van der Waals surface area contributed by atoms with Gasteiger partial charge in [0.25, 0.3) is 0 Å². The van der Waals surface area contributed by atoms with Crippen molar-refractivity contribution in [1.29, 1.82) is 0 Å². The summed E-state index contributed by atoms with van der Waals surface area (Å²) in [6, 6.07) is 14.2. The Labute approximate surface area is 171 Å². The lowest BCUT2D eigenvalue weighted by atomic mass is 10.1. The SMILES string of the molecule is CC(c1cc(Cl)ccc1Cl)n1nccc1NC(=O)Cc1noc2ccccc12. The Balaban J connectivity index is 1.54. The fourth-order valence-corrected chi connectivity index (χ4v) is 3.55. The minimum absolute atomic E-state index is 0.0918. The highest BCUT2D eigenvalue weighted by Crippen LogP contribution is 2.30. The first-order valence-corrected chi connectivity index (χ1v) is 9.40. The van der Waals surface area contributed by atoms with Gasteiger partial charge in [-0.25, -0.2) is 4.68 Å². The quantitative estimate of drug-likeness (QED) is 0.491. The summed E-state index contributed by atoms with van der Waals surface area (Å²) >= 11 is 12.4. The van der Waals surface area contributed by atoms with E-state index in [0.29, 0.717) is 27.1 Å². The van der Waals surface area contributed by atoms with Gasteiger partial charge in [-0.1, -0.05) is 40.5 Å². The average Bonchev–Trinajstić information content (AvgIpc) is 3.30. The minimum Gasteiger partial charge on any atom is -0.356 e. The number of amides is 1. The molecule has 0 fully saturated rings. The lowest BCUT2D eigenvalue weighted by Crippen LogP contribution is -2.20. The zero-order valence-corrected chi connectivity index (χ0v) is 16.4. The number of anilines is 1. The number of nitrogens with zero attached hydrogens (tertiary/aromatic N) is 3. The highest BCUT2D eigenvalue weighted by Gasteiger charge is 2.18. The molecule has 1 unspecified atom stereocenters. The molecule has 2 aromatic carbocycles. The first-order valence-electron chi connectivity index (χ1n) is 8.64. The van der Waals surface area contributed by atoms with Crippen LogP contribution in [0.1, 0.15) is 24.2 Å². The molecule has 0 saturated heterocycles. The van der Waals surface area contributed by atoms with E-state index in [1.165, 1.54) is 0 Å². The largest absolute Gasteiger partial charge is 0.356 e. The highest BCUT2D eigenvalue weighted by molar-refractivity contribution is 6.33. The number of aromatic nitrogens is 3. The van der Waals surface area contributed by atoms with Crippen molar-refractivity contribution in [3.63, 3.8) is 0 Å². The van der Waals surface area contributed by atoms with Crippen molar-refractivity contribution in [2.45, 2.75) is 19.4 Å². The first-order chi connectivity index (χ1) is 13.5. The number of halogens is 2. The Morgan fingerprint density at radius 1 is 1.21 bits per heavy atom. The van der Waals surface area contributed by atoms with Gasteiger partial charge in [0.05, 0.1) is 18.7 Å². The Kier molecular flexibility index (Phi) is 5.07. The van der Waals surface area contributed by atoms with E-state index in [0.717, 1.165) is 10.9 Å². The number of fused-ring (bicyclic) bond motifs is 1. The molecule has 6 nitrogen and oxygen atoms in total. The van der Waals surface area contributed by atoms with Gasteiger partial charge in [0, 0.05) is 21.5 Å². The molecule has 1 amide bonds. The summed E-state index contributed by atoms with van der Waals surface area (Å²) in [7, 11) is 0. The van der Waals surface area contributed by atoms with Gasteiger partial charge in [-0.15, -0.1) is 0 Å². The van der Waals surface area contributed by atoms with Crippen LogP contribution in [0.3, 0.4) is 0 Å². The maximum atomic E-state index is 12.6. The molecular formula is C20H16Cl2N4O2. The summed E-state index contributed by atoms with van der Waals surface area (Å²) in [6.07, 6.45) is 1.71. The number of nitrogens with one attached hydrogen (secondary N) is 1. The number of hydrogen-bond donors (Lipinski definition) is 1. The highest BCUT2D eigenvalue weighted by atomic mass is 35.5. The van der Waals surface area contributed by atoms with E-state index in [2.05, 4.69) is 15.6 Å². The van der Waals surface area contributed by atoms with Crippen LogP contribution in [-0.4, -0.2) is 20.8 Å². The monoisotopic (exact) mass is 414 g/mol. The molecule has 0 aliphatic heterocycles. The molecule has 0 radical (unpaired) electrons. The topological polar surface area (TPSA) is 73.0 Å². The molecule has 0 aliphatic rings. The van der Waals surface area contributed by atoms with E-state index in [1.807, 2.05) is 31.2 Å². The van der Waals surface area contributed by atoms with Crippen LogP contribution in [0, 0.1) is 0 Å². The maximum Gasteiger partial charge on any atom is 0.231 e. The van der Waals surface area contributed by atoms with Gasteiger partial charge < -0.3 is 9.84 Å². The van der Waals surface area contributed by atoms with Gasteiger partial charge in [0.1, 0.15) is 11.5 Å². The molecule has 142 valence electrons. The van der Waals surface area contributed by atoms with Crippen LogP contribution in [0.2, 0.25) is 10.0 Å². The molecule has 1 atom stereocenters. The minimum atomic E-state index is -0.218. The van der Waals surface area contributed by atoms with Crippen molar-refractivity contribution in [3.8, 4) is 0 Å². The summed E-state index contributed by atoms with van der Waals surface area (Å²) in [5, 5.41) is 13.2. The van der Waals surface area contributed by atoms with Crippen LogP contribution in [0.5, 0.6) is 0 Å². The van der Waals surface area contributed by atoms with Crippen LogP contribution >= 0.6 is 23.2 Å². The van der Waals surface area contributed by atoms with Gasteiger partial charge in [0.2, 0.25) is 5.91 Å².